The van der Waals surface area contributed by atoms with Gasteiger partial charge in [0.25, 0.3) is 0 Å². The summed E-state index contributed by atoms with van der Waals surface area (Å²) in [5.41, 5.74) is 2.65. The normalized spacial score (nSPS) is 10.3. The largest absolute Gasteiger partial charge is 0.493 e. The summed E-state index contributed by atoms with van der Waals surface area (Å²) in [6.45, 7) is 4.69. The number of carbonyl (C=O) groups is 1. The molecule has 2 aromatic rings. The Bertz CT molecular complexity index is 698. The molecule has 0 radical (unpaired) electrons. The maximum absolute atomic E-state index is 10.8. The standard InChI is InChI=1S/C18H19ClO4/c1-12-4-5-13(2)16(8-12)22-6-7-23-18-15(19)9-14(11-20)10-17(18)21-3/h4-5,8-11H,6-7H2,1-3H3. The van der Waals surface area contributed by atoms with Gasteiger partial charge in [0.1, 0.15) is 25.2 Å². The monoisotopic (exact) mass is 334 g/mol. The molecule has 4 nitrogen and oxygen atoms in total. The number of carbonyl (C=O) groups excluding carboxylic acids is 1. The first kappa shape index (κ1) is 17.2. The molecule has 0 bridgehead atoms. The summed E-state index contributed by atoms with van der Waals surface area (Å²) < 4.78 is 16.6. The highest BCUT2D eigenvalue weighted by atomic mass is 35.5. The van der Waals surface area contributed by atoms with Crippen molar-refractivity contribution in [2.45, 2.75) is 13.8 Å². The molecule has 0 fully saturated rings. The van der Waals surface area contributed by atoms with E-state index < -0.39 is 0 Å². The van der Waals surface area contributed by atoms with E-state index in [-0.39, 0.29) is 0 Å². The molecule has 0 aliphatic carbocycles. The van der Waals surface area contributed by atoms with Gasteiger partial charge >= 0.3 is 0 Å². The lowest BCUT2D eigenvalue weighted by Gasteiger charge is -2.14. The van der Waals surface area contributed by atoms with Gasteiger partial charge in [0.2, 0.25) is 0 Å². The van der Waals surface area contributed by atoms with Gasteiger partial charge in [-0.25, -0.2) is 0 Å². The number of rotatable bonds is 7. The van der Waals surface area contributed by atoms with Crippen LogP contribution in [-0.2, 0) is 0 Å². The van der Waals surface area contributed by atoms with Crippen molar-refractivity contribution in [3.8, 4) is 17.2 Å². The first-order chi connectivity index (χ1) is 11.0. The molecule has 2 rings (SSSR count). The highest BCUT2D eigenvalue weighted by molar-refractivity contribution is 6.32. The number of hydrogen-bond donors (Lipinski definition) is 0. The van der Waals surface area contributed by atoms with E-state index in [1.54, 1.807) is 6.07 Å². The van der Waals surface area contributed by atoms with Crippen molar-refractivity contribution in [1.82, 2.24) is 0 Å². The van der Waals surface area contributed by atoms with Crippen LogP contribution < -0.4 is 14.2 Å². The van der Waals surface area contributed by atoms with E-state index in [1.807, 2.05) is 32.0 Å². The Morgan fingerprint density at radius 3 is 2.48 bits per heavy atom. The molecule has 122 valence electrons. The zero-order valence-corrected chi connectivity index (χ0v) is 14.1. The fourth-order valence-electron chi connectivity index (χ4n) is 2.11. The maximum atomic E-state index is 10.8. The minimum atomic E-state index is 0.309. The topological polar surface area (TPSA) is 44.8 Å². The Labute approximate surface area is 140 Å². The van der Waals surface area contributed by atoms with Crippen molar-refractivity contribution in [3.05, 3.63) is 52.0 Å². The zero-order chi connectivity index (χ0) is 16.8. The molecule has 0 aliphatic heterocycles. The Balaban J connectivity index is 1.99. The minimum absolute atomic E-state index is 0.309. The SMILES string of the molecule is COc1cc(C=O)cc(Cl)c1OCCOc1cc(C)ccc1C. The molecular formula is C18H19ClO4. The van der Waals surface area contributed by atoms with Gasteiger partial charge < -0.3 is 14.2 Å². The van der Waals surface area contributed by atoms with Gasteiger partial charge in [-0.15, -0.1) is 0 Å². The van der Waals surface area contributed by atoms with Crippen LogP contribution in [0.25, 0.3) is 0 Å². The highest BCUT2D eigenvalue weighted by Crippen LogP contribution is 2.36. The predicted octanol–water partition coefficient (Wildman–Crippen LogP) is 4.24. The number of methoxy groups -OCH3 is 1. The van der Waals surface area contributed by atoms with Crippen molar-refractivity contribution < 1.29 is 19.0 Å². The number of hydrogen-bond acceptors (Lipinski definition) is 4. The average molecular weight is 335 g/mol. The molecule has 23 heavy (non-hydrogen) atoms. The van der Waals surface area contributed by atoms with E-state index in [9.17, 15) is 4.79 Å². The third kappa shape index (κ3) is 4.39. The van der Waals surface area contributed by atoms with Crippen LogP contribution in [-0.4, -0.2) is 26.6 Å². The van der Waals surface area contributed by atoms with Gasteiger partial charge in [-0.2, -0.15) is 0 Å². The molecule has 0 spiro atoms. The number of benzene rings is 2. The van der Waals surface area contributed by atoms with E-state index in [0.717, 1.165) is 16.9 Å². The van der Waals surface area contributed by atoms with Gasteiger partial charge in [0.15, 0.2) is 11.5 Å². The van der Waals surface area contributed by atoms with Crippen molar-refractivity contribution in [3.63, 3.8) is 0 Å². The van der Waals surface area contributed by atoms with Gasteiger partial charge in [0.05, 0.1) is 12.1 Å². The summed E-state index contributed by atoms with van der Waals surface area (Å²) in [5.74, 6) is 1.67. The van der Waals surface area contributed by atoms with Crippen LogP contribution in [0.15, 0.2) is 30.3 Å². The Morgan fingerprint density at radius 1 is 1.04 bits per heavy atom. The molecule has 0 N–H and O–H groups in total. The minimum Gasteiger partial charge on any atom is -0.493 e. The number of aryl methyl sites for hydroxylation is 2. The molecule has 5 heteroatoms. The lowest BCUT2D eigenvalue weighted by atomic mass is 10.1. The lowest BCUT2D eigenvalue weighted by molar-refractivity contribution is 0.112. The number of aldehydes is 1. The number of ether oxygens (including phenoxy) is 3. The third-order valence-corrected chi connectivity index (χ3v) is 3.60. The first-order valence-corrected chi connectivity index (χ1v) is 7.58. The fourth-order valence-corrected chi connectivity index (χ4v) is 2.38. The van der Waals surface area contributed by atoms with Crippen molar-refractivity contribution in [2.24, 2.45) is 0 Å². The van der Waals surface area contributed by atoms with Crippen LogP contribution >= 0.6 is 11.6 Å². The molecule has 0 heterocycles. The molecular weight excluding hydrogens is 316 g/mol. The predicted molar refractivity (Wildman–Crippen MR) is 90.3 cm³/mol. The molecule has 0 atom stereocenters. The summed E-state index contributed by atoms with van der Waals surface area (Å²) in [6, 6.07) is 9.17. The molecule has 0 aliphatic rings. The average Bonchev–Trinajstić information content (AvgIpc) is 2.55. The summed E-state index contributed by atoms with van der Waals surface area (Å²) >= 11 is 6.13. The zero-order valence-electron chi connectivity index (χ0n) is 13.4. The quantitative estimate of drug-likeness (QED) is 0.561. The van der Waals surface area contributed by atoms with Crippen molar-refractivity contribution in [2.75, 3.05) is 20.3 Å². The summed E-state index contributed by atoms with van der Waals surface area (Å²) in [7, 11) is 1.50. The van der Waals surface area contributed by atoms with E-state index >= 15 is 0 Å². The Kier molecular flexibility index (Phi) is 5.88. The smallest absolute Gasteiger partial charge is 0.179 e. The maximum Gasteiger partial charge on any atom is 0.179 e. The molecule has 0 saturated carbocycles. The van der Waals surface area contributed by atoms with Crippen LogP contribution in [0.1, 0.15) is 21.5 Å². The number of halogens is 1. The van der Waals surface area contributed by atoms with Crippen LogP contribution in [0.4, 0.5) is 0 Å². The summed E-state index contributed by atoms with van der Waals surface area (Å²) in [4.78, 5) is 10.8. The first-order valence-electron chi connectivity index (χ1n) is 7.20. The van der Waals surface area contributed by atoms with E-state index in [1.165, 1.54) is 13.2 Å². The van der Waals surface area contributed by atoms with E-state index in [2.05, 4.69) is 0 Å². The fraction of sp³-hybridized carbons (Fsp3) is 0.278. The van der Waals surface area contributed by atoms with E-state index in [4.69, 9.17) is 25.8 Å². The summed E-state index contributed by atoms with van der Waals surface area (Å²) in [5, 5.41) is 0.332. The summed E-state index contributed by atoms with van der Waals surface area (Å²) in [6.07, 6.45) is 0.710. The molecule has 0 amide bonds. The molecule has 0 aromatic heterocycles. The van der Waals surface area contributed by atoms with Crippen molar-refractivity contribution >= 4 is 17.9 Å². The van der Waals surface area contributed by atoms with Gasteiger partial charge in [-0.3, -0.25) is 4.79 Å². The van der Waals surface area contributed by atoms with Gasteiger partial charge in [0, 0.05) is 5.56 Å². The van der Waals surface area contributed by atoms with Crippen molar-refractivity contribution in [1.29, 1.82) is 0 Å². The van der Waals surface area contributed by atoms with Crippen LogP contribution in [0.5, 0.6) is 17.2 Å². The lowest BCUT2D eigenvalue weighted by Crippen LogP contribution is -2.10. The second kappa shape index (κ2) is 7.88. The van der Waals surface area contributed by atoms with Crippen LogP contribution in [0.3, 0.4) is 0 Å². The Hall–Kier alpha value is -2.20. The molecule has 2 aromatic carbocycles. The van der Waals surface area contributed by atoms with Gasteiger partial charge in [-0.1, -0.05) is 23.7 Å². The van der Waals surface area contributed by atoms with E-state index in [0.29, 0.717) is 41.6 Å². The Morgan fingerprint density at radius 2 is 1.78 bits per heavy atom. The third-order valence-electron chi connectivity index (χ3n) is 3.32. The van der Waals surface area contributed by atoms with Gasteiger partial charge in [-0.05, 0) is 43.2 Å². The highest BCUT2D eigenvalue weighted by Gasteiger charge is 2.12. The molecule has 0 saturated heterocycles. The molecule has 0 unspecified atom stereocenters. The second-order valence-corrected chi connectivity index (χ2v) is 5.53. The van der Waals surface area contributed by atoms with Crippen LogP contribution in [0.2, 0.25) is 5.02 Å². The second-order valence-electron chi connectivity index (χ2n) is 5.12. The van der Waals surface area contributed by atoms with Crippen LogP contribution in [0, 0.1) is 13.8 Å².